The van der Waals surface area contributed by atoms with Gasteiger partial charge in [0.2, 0.25) is 0 Å². The number of carbonyl (C=O) groups is 1. The molecule has 0 heterocycles. The molecule has 0 aromatic carbocycles. The molecular weight excluding hydrogens is 269 g/mol. The summed E-state index contributed by atoms with van der Waals surface area (Å²) < 4.78 is 5.17. The molecule has 0 fully saturated rings. The van der Waals surface area contributed by atoms with Gasteiger partial charge in [-0.05, 0) is 6.92 Å². The molecule has 0 aromatic heterocycles. The average Bonchev–Trinajstić information content (AvgIpc) is 1.84. The highest BCUT2D eigenvalue weighted by Gasteiger charge is 2.11. The number of alkyl halides is 1. The van der Waals surface area contributed by atoms with E-state index in [2.05, 4.69) is 34.4 Å². The van der Waals surface area contributed by atoms with Crippen molar-refractivity contribution in [3.8, 4) is 11.8 Å². The normalized spacial score (nSPS) is 13.9. The Hall–Kier alpha value is -0.440. The minimum Gasteiger partial charge on any atom is -0.433 e. The van der Waals surface area contributed by atoms with Gasteiger partial charge in [0.15, 0.2) is 6.10 Å². The summed E-state index contributed by atoms with van der Waals surface area (Å²) in [5, 5.41) is 0. The highest BCUT2D eigenvalue weighted by atomic mass is 127. The van der Waals surface area contributed by atoms with E-state index in [4.69, 9.17) is 10.5 Å². The topological polar surface area (TPSA) is 52.3 Å². The molecule has 0 saturated carbocycles. The van der Waals surface area contributed by atoms with Crippen LogP contribution in [-0.4, -0.2) is 16.1 Å². The maximum Gasteiger partial charge on any atom is 0.405 e. The first kappa shape index (κ1) is 11.6. The van der Waals surface area contributed by atoms with Crippen LogP contribution in [0.15, 0.2) is 0 Å². The summed E-state index contributed by atoms with van der Waals surface area (Å²) in [6, 6.07) is 0. The van der Waals surface area contributed by atoms with Crippen LogP contribution in [0.25, 0.3) is 0 Å². The quantitative estimate of drug-likeness (QED) is 0.486. The molecule has 1 amide bonds. The predicted octanol–water partition coefficient (Wildman–Crippen LogP) is 1.69. The van der Waals surface area contributed by atoms with Crippen molar-refractivity contribution in [2.45, 2.75) is 30.3 Å². The van der Waals surface area contributed by atoms with E-state index >= 15 is 0 Å². The maximum atomic E-state index is 10.4. The Morgan fingerprint density at radius 1 is 1.75 bits per heavy atom. The summed E-state index contributed by atoms with van der Waals surface area (Å²) in [5.41, 5.74) is 4.87. The highest BCUT2D eigenvalue weighted by Crippen LogP contribution is 2.09. The van der Waals surface area contributed by atoms with Gasteiger partial charge in [-0.15, -0.1) is 5.92 Å². The summed E-state index contributed by atoms with van der Waals surface area (Å²) in [5.74, 6) is 5.46. The Morgan fingerprint density at radius 3 is 2.67 bits per heavy atom. The molecule has 0 radical (unpaired) electrons. The van der Waals surface area contributed by atoms with Crippen LogP contribution in [0, 0.1) is 11.8 Å². The second-order valence-corrected chi connectivity index (χ2v) is 4.46. The molecular formula is C8H12INO2. The second kappa shape index (κ2) is 6.12. The largest absolute Gasteiger partial charge is 0.433 e. The zero-order valence-electron chi connectivity index (χ0n) is 7.13. The van der Waals surface area contributed by atoms with E-state index in [1.807, 2.05) is 6.92 Å². The molecule has 0 aliphatic rings. The van der Waals surface area contributed by atoms with Gasteiger partial charge in [-0.2, -0.15) is 0 Å². The SMILES string of the molecule is CC#CC(CC(C)I)OC(N)=O. The van der Waals surface area contributed by atoms with Gasteiger partial charge >= 0.3 is 6.09 Å². The number of halogens is 1. The van der Waals surface area contributed by atoms with Crippen molar-refractivity contribution in [2.24, 2.45) is 5.73 Å². The lowest BCUT2D eigenvalue weighted by Gasteiger charge is -2.11. The fourth-order valence-electron chi connectivity index (χ4n) is 0.733. The highest BCUT2D eigenvalue weighted by molar-refractivity contribution is 14.1. The molecule has 4 heteroatoms. The van der Waals surface area contributed by atoms with E-state index in [1.165, 1.54) is 0 Å². The molecule has 0 spiro atoms. The number of hydrogen-bond donors (Lipinski definition) is 1. The summed E-state index contributed by atoms with van der Waals surface area (Å²) in [7, 11) is 0. The van der Waals surface area contributed by atoms with Crippen molar-refractivity contribution in [3.63, 3.8) is 0 Å². The first-order valence-electron chi connectivity index (χ1n) is 3.58. The molecule has 0 aliphatic heterocycles. The van der Waals surface area contributed by atoms with Gasteiger partial charge < -0.3 is 10.5 Å². The molecule has 2 unspecified atom stereocenters. The van der Waals surface area contributed by atoms with Crippen LogP contribution in [0.4, 0.5) is 4.79 Å². The van der Waals surface area contributed by atoms with E-state index in [-0.39, 0.29) is 6.10 Å². The van der Waals surface area contributed by atoms with E-state index < -0.39 is 6.09 Å². The lowest BCUT2D eigenvalue weighted by molar-refractivity contribution is 0.130. The number of rotatable bonds is 3. The zero-order chi connectivity index (χ0) is 9.56. The van der Waals surface area contributed by atoms with Crippen molar-refractivity contribution in [1.82, 2.24) is 0 Å². The molecule has 68 valence electrons. The molecule has 3 nitrogen and oxygen atoms in total. The van der Waals surface area contributed by atoms with Crippen LogP contribution in [0.2, 0.25) is 0 Å². The molecule has 0 saturated heterocycles. The van der Waals surface area contributed by atoms with Crippen molar-refractivity contribution < 1.29 is 9.53 Å². The molecule has 2 N–H and O–H groups in total. The summed E-state index contributed by atoms with van der Waals surface area (Å²) >= 11 is 2.24. The maximum absolute atomic E-state index is 10.4. The Balaban J connectivity index is 4.01. The Kier molecular flexibility index (Phi) is 5.89. The third kappa shape index (κ3) is 6.28. The van der Waals surface area contributed by atoms with Gasteiger partial charge in [-0.25, -0.2) is 4.79 Å². The second-order valence-electron chi connectivity index (χ2n) is 2.34. The first-order chi connectivity index (χ1) is 5.56. The van der Waals surface area contributed by atoms with Crippen LogP contribution in [0.1, 0.15) is 20.3 Å². The Labute approximate surface area is 86.2 Å². The molecule has 0 bridgehead atoms. The Morgan fingerprint density at radius 2 is 2.33 bits per heavy atom. The van der Waals surface area contributed by atoms with Gasteiger partial charge in [-0.3, -0.25) is 0 Å². The van der Waals surface area contributed by atoms with E-state index in [0.717, 1.165) is 0 Å². The summed E-state index contributed by atoms with van der Waals surface area (Å²) in [6.07, 6.45) is -0.413. The fraction of sp³-hybridized carbons (Fsp3) is 0.625. The number of hydrogen-bond acceptors (Lipinski definition) is 2. The van der Waals surface area contributed by atoms with Gasteiger partial charge in [0, 0.05) is 10.3 Å². The fourth-order valence-corrected chi connectivity index (χ4v) is 1.19. The van der Waals surface area contributed by atoms with Crippen LogP contribution in [0.5, 0.6) is 0 Å². The van der Waals surface area contributed by atoms with E-state index in [9.17, 15) is 4.79 Å². The predicted molar refractivity (Wildman–Crippen MR) is 56.0 cm³/mol. The standard InChI is InChI=1S/C8H12INO2/c1-3-4-7(5-6(2)9)12-8(10)11/h6-7H,5H2,1-2H3,(H2,10,11). The van der Waals surface area contributed by atoms with Crippen molar-refractivity contribution >= 4 is 28.7 Å². The van der Waals surface area contributed by atoms with Gasteiger partial charge in [0.1, 0.15) is 0 Å². The minimum absolute atomic E-state index is 0.362. The zero-order valence-corrected chi connectivity index (χ0v) is 9.29. The number of amides is 1. The monoisotopic (exact) mass is 281 g/mol. The van der Waals surface area contributed by atoms with E-state index in [1.54, 1.807) is 6.92 Å². The number of primary amides is 1. The van der Waals surface area contributed by atoms with Gasteiger partial charge in [0.05, 0.1) is 0 Å². The number of nitrogens with two attached hydrogens (primary N) is 1. The van der Waals surface area contributed by atoms with Crippen LogP contribution < -0.4 is 5.73 Å². The molecule has 12 heavy (non-hydrogen) atoms. The van der Waals surface area contributed by atoms with Crippen LogP contribution in [0.3, 0.4) is 0 Å². The smallest absolute Gasteiger partial charge is 0.405 e. The average molecular weight is 281 g/mol. The lowest BCUT2D eigenvalue weighted by atomic mass is 10.2. The molecule has 0 aromatic rings. The summed E-state index contributed by atoms with van der Waals surface area (Å²) in [6.45, 7) is 3.73. The lowest BCUT2D eigenvalue weighted by Crippen LogP contribution is -2.23. The van der Waals surface area contributed by atoms with Gasteiger partial charge in [-0.1, -0.05) is 35.4 Å². The van der Waals surface area contributed by atoms with Crippen LogP contribution >= 0.6 is 22.6 Å². The van der Waals surface area contributed by atoms with Crippen LogP contribution in [-0.2, 0) is 4.74 Å². The van der Waals surface area contributed by atoms with E-state index in [0.29, 0.717) is 10.3 Å². The van der Waals surface area contributed by atoms with Gasteiger partial charge in [0.25, 0.3) is 0 Å². The van der Waals surface area contributed by atoms with Crippen molar-refractivity contribution in [2.75, 3.05) is 0 Å². The van der Waals surface area contributed by atoms with Crippen molar-refractivity contribution in [3.05, 3.63) is 0 Å². The van der Waals surface area contributed by atoms with Crippen molar-refractivity contribution in [1.29, 1.82) is 0 Å². The first-order valence-corrected chi connectivity index (χ1v) is 4.83. The molecule has 0 rings (SSSR count). The molecule has 0 aliphatic carbocycles. The Bertz CT molecular complexity index is 205. The third-order valence-electron chi connectivity index (χ3n) is 1.10. The number of ether oxygens (including phenoxy) is 1. The third-order valence-corrected chi connectivity index (χ3v) is 1.61. The minimum atomic E-state index is -0.764. The number of carbonyl (C=O) groups excluding carboxylic acids is 1. The molecule has 2 atom stereocenters. The summed E-state index contributed by atoms with van der Waals surface area (Å²) in [4.78, 5) is 10.4.